The molecule has 2 aliphatic rings. The average molecular weight is 202 g/mol. The Bertz CT molecular complexity index is 207. The van der Waals surface area contributed by atoms with Crippen LogP contribution in [0.25, 0.3) is 0 Å². The van der Waals surface area contributed by atoms with Gasteiger partial charge >= 0.3 is 0 Å². The third-order valence-corrected chi connectivity index (χ3v) is 3.67. The molecule has 1 heterocycles. The molecule has 0 N–H and O–H groups in total. The van der Waals surface area contributed by atoms with E-state index < -0.39 is 0 Å². The Balaban J connectivity index is 2.02. The minimum absolute atomic E-state index is 0.135. The summed E-state index contributed by atoms with van der Waals surface area (Å²) in [4.78, 5) is 13.5. The van der Waals surface area contributed by atoms with Gasteiger partial charge in [0.1, 0.15) is 5.88 Å². The first-order valence-corrected chi connectivity index (χ1v) is 5.72. The van der Waals surface area contributed by atoms with E-state index in [4.69, 9.17) is 11.6 Å². The van der Waals surface area contributed by atoms with Crippen molar-refractivity contribution < 1.29 is 4.79 Å². The maximum Gasteiger partial charge on any atom is 0.237 e. The lowest BCUT2D eigenvalue weighted by Gasteiger charge is -2.31. The Hall–Kier alpha value is -0.240. The van der Waals surface area contributed by atoms with Gasteiger partial charge in [0.15, 0.2) is 0 Å². The molecular weight excluding hydrogens is 186 g/mol. The van der Waals surface area contributed by atoms with Crippen molar-refractivity contribution in [3.63, 3.8) is 0 Å². The highest BCUT2D eigenvalue weighted by Gasteiger charge is 2.37. The van der Waals surface area contributed by atoms with Crippen LogP contribution in [0, 0.1) is 5.92 Å². The molecule has 1 aliphatic heterocycles. The molecule has 1 aliphatic carbocycles. The van der Waals surface area contributed by atoms with Crippen LogP contribution in [0.1, 0.15) is 32.1 Å². The summed E-state index contributed by atoms with van der Waals surface area (Å²) in [5, 5.41) is 0. The Morgan fingerprint density at radius 1 is 1.31 bits per heavy atom. The van der Waals surface area contributed by atoms with Crippen molar-refractivity contribution in [1.29, 1.82) is 0 Å². The molecular formula is C10H16ClNO. The molecule has 1 saturated heterocycles. The number of amides is 1. The molecule has 0 aromatic carbocycles. The topological polar surface area (TPSA) is 20.3 Å². The number of alkyl halides is 1. The van der Waals surface area contributed by atoms with Gasteiger partial charge in [-0.1, -0.05) is 12.8 Å². The predicted molar refractivity (Wildman–Crippen MR) is 52.8 cm³/mol. The molecule has 0 radical (unpaired) electrons. The molecule has 74 valence electrons. The molecule has 0 unspecified atom stereocenters. The molecule has 0 aromatic rings. The zero-order valence-corrected chi connectivity index (χ0v) is 8.59. The molecule has 0 spiro atoms. The quantitative estimate of drug-likeness (QED) is 0.595. The van der Waals surface area contributed by atoms with Crippen LogP contribution in [0.4, 0.5) is 0 Å². The Labute approximate surface area is 84.2 Å². The third kappa shape index (κ3) is 1.69. The standard InChI is InChI=1S/C10H16ClNO/c11-7-10(13)12-6-5-8-3-1-2-4-9(8)12/h8-9H,1-7H2/t8-,9+/m0/s1. The van der Waals surface area contributed by atoms with Crippen LogP contribution in [0.5, 0.6) is 0 Å². The number of rotatable bonds is 1. The molecule has 13 heavy (non-hydrogen) atoms. The van der Waals surface area contributed by atoms with Crippen LogP contribution < -0.4 is 0 Å². The molecule has 1 saturated carbocycles. The lowest BCUT2D eigenvalue weighted by atomic mass is 9.85. The summed E-state index contributed by atoms with van der Waals surface area (Å²) in [6, 6.07) is 0.528. The van der Waals surface area contributed by atoms with E-state index in [1.165, 1.54) is 32.1 Å². The summed E-state index contributed by atoms with van der Waals surface area (Å²) >= 11 is 5.57. The fourth-order valence-electron chi connectivity index (χ4n) is 2.79. The third-order valence-electron chi connectivity index (χ3n) is 3.44. The highest BCUT2D eigenvalue weighted by atomic mass is 35.5. The molecule has 2 rings (SSSR count). The number of nitrogens with zero attached hydrogens (tertiary/aromatic N) is 1. The summed E-state index contributed by atoms with van der Waals surface area (Å²) in [6.07, 6.45) is 6.36. The van der Waals surface area contributed by atoms with Gasteiger partial charge in [-0.15, -0.1) is 11.6 Å². The first kappa shape index (κ1) is 9.32. The van der Waals surface area contributed by atoms with Gasteiger partial charge in [-0.05, 0) is 25.2 Å². The van der Waals surface area contributed by atoms with E-state index in [9.17, 15) is 4.79 Å². The second-order valence-electron chi connectivity index (χ2n) is 4.12. The van der Waals surface area contributed by atoms with Gasteiger partial charge in [0.25, 0.3) is 0 Å². The van der Waals surface area contributed by atoms with Gasteiger partial charge in [-0.2, -0.15) is 0 Å². The van der Waals surface area contributed by atoms with E-state index in [2.05, 4.69) is 0 Å². The van der Waals surface area contributed by atoms with E-state index >= 15 is 0 Å². The number of carbonyl (C=O) groups is 1. The monoisotopic (exact) mass is 201 g/mol. The first-order chi connectivity index (χ1) is 6.33. The largest absolute Gasteiger partial charge is 0.338 e. The molecule has 0 aromatic heterocycles. The van der Waals surface area contributed by atoms with E-state index in [-0.39, 0.29) is 11.8 Å². The van der Waals surface area contributed by atoms with Gasteiger partial charge in [0, 0.05) is 12.6 Å². The van der Waals surface area contributed by atoms with Crippen molar-refractivity contribution in [3.8, 4) is 0 Å². The Kier molecular flexibility index (Phi) is 2.77. The maximum absolute atomic E-state index is 11.5. The van der Waals surface area contributed by atoms with Crippen LogP contribution in [0.3, 0.4) is 0 Å². The summed E-state index contributed by atoms with van der Waals surface area (Å²) in [7, 11) is 0. The van der Waals surface area contributed by atoms with Crippen molar-refractivity contribution >= 4 is 17.5 Å². The lowest BCUT2D eigenvalue weighted by Crippen LogP contribution is -2.39. The number of hydrogen-bond acceptors (Lipinski definition) is 1. The lowest BCUT2D eigenvalue weighted by molar-refractivity contribution is -0.130. The number of fused-ring (bicyclic) bond motifs is 1. The van der Waals surface area contributed by atoms with Gasteiger partial charge in [-0.3, -0.25) is 4.79 Å². The maximum atomic E-state index is 11.5. The van der Waals surface area contributed by atoms with Crippen molar-refractivity contribution in [1.82, 2.24) is 4.90 Å². The van der Waals surface area contributed by atoms with Crippen molar-refractivity contribution in [2.24, 2.45) is 5.92 Å². The minimum Gasteiger partial charge on any atom is -0.338 e. The van der Waals surface area contributed by atoms with Crippen LogP contribution in [-0.2, 0) is 4.79 Å². The van der Waals surface area contributed by atoms with Crippen molar-refractivity contribution in [2.45, 2.75) is 38.1 Å². The van der Waals surface area contributed by atoms with Gasteiger partial charge in [0.2, 0.25) is 5.91 Å². The molecule has 1 amide bonds. The molecule has 0 bridgehead atoms. The predicted octanol–water partition coefficient (Wildman–Crippen LogP) is 2.02. The van der Waals surface area contributed by atoms with E-state index in [1.807, 2.05) is 4.90 Å². The van der Waals surface area contributed by atoms with E-state index in [0.717, 1.165) is 12.5 Å². The molecule has 3 heteroatoms. The van der Waals surface area contributed by atoms with Crippen molar-refractivity contribution in [2.75, 3.05) is 12.4 Å². The van der Waals surface area contributed by atoms with E-state index in [0.29, 0.717) is 6.04 Å². The van der Waals surface area contributed by atoms with Crippen LogP contribution >= 0.6 is 11.6 Å². The van der Waals surface area contributed by atoms with Crippen molar-refractivity contribution in [3.05, 3.63) is 0 Å². The fourth-order valence-corrected chi connectivity index (χ4v) is 2.95. The van der Waals surface area contributed by atoms with Crippen LogP contribution in [-0.4, -0.2) is 29.3 Å². The highest BCUT2D eigenvalue weighted by Crippen LogP contribution is 2.36. The van der Waals surface area contributed by atoms with Crippen LogP contribution in [0.2, 0.25) is 0 Å². The SMILES string of the molecule is O=C(CCl)N1CC[C@@H]2CCCC[C@H]21. The zero-order valence-electron chi connectivity index (χ0n) is 7.84. The van der Waals surface area contributed by atoms with Gasteiger partial charge < -0.3 is 4.90 Å². The summed E-state index contributed by atoms with van der Waals surface area (Å²) in [5.74, 6) is 1.07. The van der Waals surface area contributed by atoms with Gasteiger partial charge in [0.05, 0.1) is 0 Å². The molecule has 2 fully saturated rings. The normalized spacial score (nSPS) is 33.2. The Morgan fingerprint density at radius 2 is 2.08 bits per heavy atom. The van der Waals surface area contributed by atoms with Crippen LogP contribution in [0.15, 0.2) is 0 Å². The fraction of sp³-hybridized carbons (Fsp3) is 0.900. The summed E-state index contributed by atoms with van der Waals surface area (Å²) in [5.41, 5.74) is 0. The smallest absolute Gasteiger partial charge is 0.237 e. The number of hydrogen-bond donors (Lipinski definition) is 0. The zero-order chi connectivity index (χ0) is 9.26. The number of carbonyl (C=O) groups excluding carboxylic acids is 1. The van der Waals surface area contributed by atoms with E-state index in [1.54, 1.807) is 0 Å². The highest BCUT2D eigenvalue weighted by molar-refractivity contribution is 6.27. The minimum atomic E-state index is 0.135. The molecule has 2 atom stereocenters. The summed E-state index contributed by atoms with van der Waals surface area (Å²) < 4.78 is 0. The second-order valence-corrected chi connectivity index (χ2v) is 4.39. The van der Waals surface area contributed by atoms with Gasteiger partial charge in [-0.25, -0.2) is 0 Å². The Morgan fingerprint density at radius 3 is 2.85 bits per heavy atom. The second kappa shape index (κ2) is 3.87. The molecule has 2 nitrogen and oxygen atoms in total. The summed E-state index contributed by atoms with van der Waals surface area (Å²) in [6.45, 7) is 0.945. The number of halogens is 1. The average Bonchev–Trinajstić information content (AvgIpc) is 2.60. The number of likely N-dealkylation sites (tertiary alicyclic amines) is 1. The first-order valence-electron chi connectivity index (χ1n) is 5.18.